The lowest BCUT2D eigenvalue weighted by molar-refractivity contribution is -0.139. The lowest BCUT2D eigenvalue weighted by Gasteiger charge is -2.25. The second-order valence-electron chi connectivity index (χ2n) is 4.70. The third-order valence-corrected chi connectivity index (χ3v) is 3.53. The normalized spacial score (nSPS) is 16.7. The molecule has 1 atom stereocenters. The van der Waals surface area contributed by atoms with Crippen LogP contribution < -0.4 is 16.0 Å². The summed E-state index contributed by atoms with van der Waals surface area (Å²) in [6.07, 6.45) is 1.43. The molecule has 9 heteroatoms. The molecule has 0 aliphatic carbocycles. The quantitative estimate of drug-likeness (QED) is 0.570. The Morgan fingerprint density at radius 1 is 1.48 bits per heavy atom. The lowest BCUT2D eigenvalue weighted by atomic mass is 9.88. The molecule has 8 nitrogen and oxygen atoms in total. The van der Waals surface area contributed by atoms with Gasteiger partial charge >= 0.3 is 5.97 Å². The van der Waals surface area contributed by atoms with Gasteiger partial charge in [0.25, 0.3) is 5.56 Å². The van der Waals surface area contributed by atoms with Gasteiger partial charge in [-0.05, 0) is 31.3 Å². The zero-order valence-electron chi connectivity index (χ0n) is 12.0. The molecule has 120 valence electrons. The van der Waals surface area contributed by atoms with Crippen molar-refractivity contribution in [3.05, 3.63) is 56.3 Å². The van der Waals surface area contributed by atoms with E-state index in [0.29, 0.717) is 5.76 Å². The molecule has 0 aromatic carbocycles. The molecule has 23 heavy (non-hydrogen) atoms. The third kappa shape index (κ3) is 2.55. The van der Waals surface area contributed by atoms with Gasteiger partial charge in [-0.25, -0.2) is 4.79 Å². The minimum absolute atomic E-state index is 0.00492. The number of rotatable bonds is 3. The van der Waals surface area contributed by atoms with Gasteiger partial charge in [0.2, 0.25) is 11.8 Å². The Labute approximate surface area is 134 Å². The molecule has 0 saturated heterocycles. The van der Waals surface area contributed by atoms with Crippen LogP contribution in [0.25, 0.3) is 0 Å². The van der Waals surface area contributed by atoms with E-state index in [1.165, 1.54) is 6.26 Å². The van der Waals surface area contributed by atoms with Gasteiger partial charge in [-0.3, -0.25) is 9.78 Å². The first-order valence-electron chi connectivity index (χ1n) is 6.77. The van der Waals surface area contributed by atoms with Crippen molar-refractivity contribution >= 4 is 18.2 Å². The van der Waals surface area contributed by atoms with E-state index in [2.05, 4.69) is 9.97 Å². The van der Waals surface area contributed by atoms with E-state index < -0.39 is 17.4 Å². The summed E-state index contributed by atoms with van der Waals surface area (Å²) in [5, 5.41) is 0. The summed E-state index contributed by atoms with van der Waals surface area (Å²) >= 11 is 4.92. The van der Waals surface area contributed by atoms with E-state index in [0.717, 1.165) is 0 Å². The van der Waals surface area contributed by atoms with Gasteiger partial charge in [0.1, 0.15) is 11.3 Å². The van der Waals surface area contributed by atoms with E-state index in [-0.39, 0.29) is 34.3 Å². The molecule has 3 rings (SSSR count). The van der Waals surface area contributed by atoms with Crippen LogP contribution in [0.5, 0.6) is 5.88 Å². The van der Waals surface area contributed by atoms with E-state index in [1.807, 2.05) is 0 Å². The van der Waals surface area contributed by atoms with Gasteiger partial charge in [0, 0.05) is 0 Å². The number of hydrogen-bond acceptors (Lipinski definition) is 7. The largest absolute Gasteiger partial charge is 0.468 e. The maximum absolute atomic E-state index is 12.3. The Morgan fingerprint density at radius 3 is 2.91 bits per heavy atom. The summed E-state index contributed by atoms with van der Waals surface area (Å²) in [6, 6.07) is 3.27. The highest BCUT2D eigenvalue weighted by Crippen LogP contribution is 2.39. The molecule has 1 aliphatic heterocycles. The van der Waals surface area contributed by atoms with Crippen LogP contribution in [0, 0.1) is 4.77 Å². The van der Waals surface area contributed by atoms with Crippen molar-refractivity contribution in [2.45, 2.75) is 12.8 Å². The fraction of sp³-hybridized carbons (Fsp3) is 0.214. The van der Waals surface area contributed by atoms with E-state index in [1.54, 1.807) is 19.1 Å². The van der Waals surface area contributed by atoms with Crippen LogP contribution in [0.4, 0.5) is 0 Å². The van der Waals surface area contributed by atoms with E-state index in [9.17, 15) is 9.59 Å². The van der Waals surface area contributed by atoms with E-state index in [4.69, 9.17) is 31.8 Å². The molecule has 2 aromatic rings. The molecule has 1 unspecified atom stereocenters. The highest BCUT2D eigenvalue weighted by molar-refractivity contribution is 7.71. The number of carbonyl (C=O) groups is 1. The van der Waals surface area contributed by atoms with Crippen LogP contribution in [0.1, 0.15) is 24.2 Å². The third-order valence-electron chi connectivity index (χ3n) is 3.32. The molecule has 4 N–H and O–H groups in total. The van der Waals surface area contributed by atoms with Crippen LogP contribution in [-0.2, 0) is 9.53 Å². The van der Waals surface area contributed by atoms with Crippen LogP contribution in [0.3, 0.4) is 0 Å². The van der Waals surface area contributed by atoms with Crippen LogP contribution in [-0.4, -0.2) is 22.5 Å². The van der Waals surface area contributed by atoms with Gasteiger partial charge in [-0.15, -0.1) is 0 Å². The average molecular weight is 335 g/mol. The summed E-state index contributed by atoms with van der Waals surface area (Å²) < 4.78 is 15.9. The van der Waals surface area contributed by atoms with Gasteiger partial charge in [-0.1, -0.05) is 0 Å². The maximum Gasteiger partial charge on any atom is 0.340 e. The van der Waals surface area contributed by atoms with Gasteiger partial charge in [0.05, 0.1) is 24.4 Å². The summed E-state index contributed by atoms with van der Waals surface area (Å²) in [7, 11) is 0. The zero-order chi connectivity index (χ0) is 16.6. The first-order valence-corrected chi connectivity index (χ1v) is 7.18. The second kappa shape index (κ2) is 5.76. The summed E-state index contributed by atoms with van der Waals surface area (Å²) in [4.78, 5) is 29.8. The topological polar surface area (TPSA) is 123 Å². The maximum atomic E-state index is 12.3. The van der Waals surface area contributed by atoms with Crippen LogP contribution in [0.15, 0.2) is 39.1 Å². The number of aromatic amines is 2. The Morgan fingerprint density at radius 2 is 2.26 bits per heavy atom. The number of nitrogens with one attached hydrogen (secondary N) is 2. The van der Waals surface area contributed by atoms with Gasteiger partial charge < -0.3 is 24.6 Å². The summed E-state index contributed by atoms with van der Waals surface area (Å²) in [5.74, 6) is -1.28. The summed E-state index contributed by atoms with van der Waals surface area (Å²) in [6.45, 7) is 1.82. The second-order valence-corrected chi connectivity index (χ2v) is 5.11. The molecular weight excluding hydrogens is 322 g/mol. The number of ether oxygens (including phenoxy) is 2. The molecule has 0 fully saturated rings. The average Bonchev–Trinajstić information content (AvgIpc) is 2.99. The van der Waals surface area contributed by atoms with E-state index >= 15 is 0 Å². The van der Waals surface area contributed by atoms with Crippen molar-refractivity contribution in [2.24, 2.45) is 5.73 Å². The van der Waals surface area contributed by atoms with Crippen molar-refractivity contribution in [1.82, 2.24) is 9.97 Å². The molecule has 0 amide bonds. The van der Waals surface area contributed by atoms with Gasteiger partial charge in [-0.2, -0.15) is 0 Å². The number of aromatic nitrogens is 2. The molecule has 3 heterocycles. The number of H-pyrrole nitrogens is 2. The molecule has 0 spiro atoms. The standard InChI is InChI=1S/C14H13N3O5S/c1-2-20-13(19)8-7(6-4-3-5-21-6)9-11(18)16-14(23)17-12(9)22-10(8)15/h3-5,7H,2,15H2,1H3,(H2,16,17,18,23). The predicted octanol–water partition coefficient (Wildman–Crippen LogP) is 1.28. The van der Waals surface area contributed by atoms with Crippen molar-refractivity contribution in [3.63, 3.8) is 0 Å². The first-order chi connectivity index (χ1) is 11.0. The highest BCUT2D eigenvalue weighted by Gasteiger charge is 2.39. The zero-order valence-corrected chi connectivity index (χ0v) is 12.9. The van der Waals surface area contributed by atoms with Crippen molar-refractivity contribution in [3.8, 4) is 5.88 Å². The minimum atomic E-state index is -0.858. The number of furan rings is 1. The number of fused-ring (bicyclic) bond motifs is 1. The van der Waals surface area contributed by atoms with Crippen molar-refractivity contribution in [1.29, 1.82) is 0 Å². The molecule has 0 saturated carbocycles. The summed E-state index contributed by atoms with van der Waals surface area (Å²) in [5.41, 5.74) is 5.52. The monoisotopic (exact) mass is 335 g/mol. The molecule has 0 bridgehead atoms. The Hall–Kier alpha value is -2.81. The SMILES string of the molecule is CCOC(=O)C1=C(N)Oc2[nH]c(=S)[nH]c(=O)c2C1c1ccco1. The Balaban J connectivity index is 2.26. The van der Waals surface area contributed by atoms with Crippen molar-refractivity contribution in [2.75, 3.05) is 6.61 Å². The first kappa shape index (κ1) is 15.1. The molecule has 1 aliphatic rings. The van der Waals surface area contributed by atoms with Gasteiger partial charge in [0.15, 0.2) is 4.77 Å². The fourth-order valence-electron chi connectivity index (χ4n) is 2.44. The number of esters is 1. The Kier molecular flexibility index (Phi) is 3.78. The Bertz CT molecular complexity index is 894. The number of carbonyl (C=O) groups excluding carboxylic acids is 1. The number of nitrogens with two attached hydrogens (primary N) is 1. The molecular formula is C14H13N3O5S. The highest BCUT2D eigenvalue weighted by atomic mass is 32.1. The van der Waals surface area contributed by atoms with Crippen molar-refractivity contribution < 1.29 is 18.7 Å². The predicted molar refractivity (Wildman–Crippen MR) is 81.3 cm³/mol. The molecule has 0 radical (unpaired) electrons. The van der Waals surface area contributed by atoms with Crippen LogP contribution in [0.2, 0.25) is 0 Å². The minimum Gasteiger partial charge on any atom is -0.468 e. The number of hydrogen-bond donors (Lipinski definition) is 3. The lowest BCUT2D eigenvalue weighted by Crippen LogP contribution is -2.32. The fourth-order valence-corrected chi connectivity index (χ4v) is 2.62. The molecule has 2 aromatic heterocycles. The smallest absolute Gasteiger partial charge is 0.340 e. The van der Waals surface area contributed by atoms with Crippen LogP contribution >= 0.6 is 12.2 Å².